The van der Waals surface area contributed by atoms with E-state index in [1.807, 2.05) is 0 Å². The summed E-state index contributed by atoms with van der Waals surface area (Å²) in [5.41, 5.74) is 0.511. The van der Waals surface area contributed by atoms with Crippen LogP contribution in [-0.2, 0) is 11.3 Å². The molecular formula is C24H32ClN3O2S. The molecule has 4 rings (SSSR count). The van der Waals surface area contributed by atoms with E-state index in [1.165, 1.54) is 37.4 Å². The van der Waals surface area contributed by atoms with Crippen molar-refractivity contribution in [3.8, 4) is 0 Å². The number of carbonyl (C=O) groups is 1. The van der Waals surface area contributed by atoms with Gasteiger partial charge in [0.05, 0.1) is 16.7 Å². The molecule has 2 saturated carbocycles. The van der Waals surface area contributed by atoms with Gasteiger partial charge in [-0.25, -0.2) is 4.98 Å². The first-order valence-corrected chi connectivity index (χ1v) is 12.8. The summed E-state index contributed by atoms with van der Waals surface area (Å²) >= 11 is 7.46. The van der Waals surface area contributed by atoms with Crippen LogP contribution in [-0.4, -0.2) is 27.3 Å². The SMILES string of the molecule is CC(C)CCn1c(SCC(=O)N[C@@H](C)[C@H]2C[C@@H]3CC[C@@H]2C3)nc2cc(Cl)ccc2c1=O. The maximum Gasteiger partial charge on any atom is 0.262 e. The van der Waals surface area contributed by atoms with Crippen molar-refractivity contribution >= 4 is 40.2 Å². The Hall–Kier alpha value is -1.53. The molecule has 0 spiro atoms. The van der Waals surface area contributed by atoms with E-state index in [4.69, 9.17) is 16.6 Å². The molecule has 4 atom stereocenters. The first-order valence-electron chi connectivity index (χ1n) is 11.4. The fourth-order valence-corrected chi connectivity index (χ4v) is 6.31. The van der Waals surface area contributed by atoms with E-state index in [0.29, 0.717) is 39.5 Å². The molecule has 2 aromatic rings. The molecule has 1 heterocycles. The molecule has 1 aromatic carbocycles. The number of nitrogens with zero attached hydrogens (tertiary/aromatic N) is 2. The quantitative estimate of drug-likeness (QED) is 0.437. The molecule has 0 unspecified atom stereocenters. The van der Waals surface area contributed by atoms with Gasteiger partial charge in [0.1, 0.15) is 0 Å². The largest absolute Gasteiger partial charge is 0.353 e. The maximum absolute atomic E-state index is 13.1. The lowest BCUT2D eigenvalue weighted by molar-refractivity contribution is -0.119. The summed E-state index contributed by atoms with van der Waals surface area (Å²) in [5.74, 6) is 2.99. The molecule has 2 aliphatic carbocycles. The van der Waals surface area contributed by atoms with Gasteiger partial charge in [-0.2, -0.15) is 0 Å². The smallest absolute Gasteiger partial charge is 0.262 e. The van der Waals surface area contributed by atoms with Gasteiger partial charge in [-0.15, -0.1) is 0 Å². The van der Waals surface area contributed by atoms with Crippen LogP contribution in [0.25, 0.3) is 10.9 Å². The molecule has 0 saturated heterocycles. The van der Waals surface area contributed by atoms with Crippen molar-refractivity contribution in [1.82, 2.24) is 14.9 Å². The van der Waals surface area contributed by atoms with Gasteiger partial charge in [0.25, 0.3) is 5.56 Å². The number of fused-ring (bicyclic) bond motifs is 3. The van der Waals surface area contributed by atoms with Crippen molar-refractivity contribution < 1.29 is 4.79 Å². The summed E-state index contributed by atoms with van der Waals surface area (Å²) in [4.78, 5) is 30.5. The first-order chi connectivity index (χ1) is 14.8. The highest BCUT2D eigenvalue weighted by Crippen LogP contribution is 2.49. The molecule has 31 heavy (non-hydrogen) atoms. The number of hydrogen-bond donors (Lipinski definition) is 1. The van der Waals surface area contributed by atoms with Crippen LogP contribution in [0.4, 0.5) is 0 Å². The molecular weight excluding hydrogens is 430 g/mol. The Morgan fingerprint density at radius 2 is 2.10 bits per heavy atom. The van der Waals surface area contributed by atoms with Crippen molar-refractivity contribution in [3.05, 3.63) is 33.6 Å². The van der Waals surface area contributed by atoms with E-state index in [2.05, 4.69) is 26.1 Å². The van der Waals surface area contributed by atoms with Gasteiger partial charge in [-0.3, -0.25) is 14.2 Å². The number of benzene rings is 1. The number of thioether (sulfide) groups is 1. The van der Waals surface area contributed by atoms with Gasteiger partial charge < -0.3 is 5.32 Å². The summed E-state index contributed by atoms with van der Waals surface area (Å²) in [7, 11) is 0. The van der Waals surface area contributed by atoms with Crippen LogP contribution in [0.1, 0.15) is 52.9 Å². The zero-order chi connectivity index (χ0) is 22.1. The van der Waals surface area contributed by atoms with Gasteiger partial charge in [0.2, 0.25) is 5.91 Å². The van der Waals surface area contributed by atoms with Crippen LogP contribution in [0.5, 0.6) is 0 Å². The Morgan fingerprint density at radius 1 is 1.29 bits per heavy atom. The lowest BCUT2D eigenvalue weighted by Crippen LogP contribution is -2.41. The molecule has 0 aliphatic heterocycles. The predicted molar refractivity (Wildman–Crippen MR) is 128 cm³/mol. The minimum absolute atomic E-state index is 0.0103. The molecule has 7 heteroatoms. The molecule has 1 amide bonds. The lowest BCUT2D eigenvalue weighted by Gasteiger charge is -2.28. The standard InChI is InChI=1S/C24H32ClN3O2S/c1-14(2)8-9-28-23(30)19-7-6-18(25)12-21(19)27-24(28)31-13-22(29)26-15(3)20-11-16-4-5-17(20)10-16/h6-7,12,14-17,20H,4-5,8-11,13H2,1-3H3,(H,26,29)/t15-,16+,17+,20+/m0/s1. The van der Waals surface area contributed by atoms with Gasteiger partial charge in [0.15, 0.2) is 5.16 Å². The summed E-state index contributed by atoms with van der Waals surface area (Å²) < 4.78 is 1.72. The first kappa shape index (κ1) is 22.7. The number of halogens is 1. The number of aromatic nitrogens is 2. The Labute approximate surface area is 193 Å². The second-order valence-electron chi connectivity index (χ2n) is 9.68. The lowest BCUT2D eigenvalue weighted by atomic mass is 9.84. The van der Waals surface area contributed by atoms with Crippen LogP contribution in [0.15, 0.2) is 28.2 Å². The molecule has 1 N–H and O–H groups in total. The summed E-state index contributed by atoms with van der Waals surface area (Å²) in [6.45, 7) is 7.00. The molecule has 2 fully saturated rings. The average molecular weight is 462 g/mol. The number of nitrogens with one attached hydrogen (secondary N) is 1. The van der Waals surface area contributed by atoms with E-state index in [0.717, 1.165) is 18.3 Å². The number of hydrogen-bond acceptors (Lipinski definition) is 4. The molecule has 0 radical (unpaired) electrons. The molecule has 1 aromatic heterocycles. The number of rotatable bonds is 8. The van der Waals surface area contributed by atoms with Crippen LogP contribution in [0.3, 0.4) is 0 Å². The second kappa shape index (κ2) is 9.53. The second-order valence-corrected chi connectivity index (χ2v) is 11.1. The van der Waals surface area contributed by atoms with Crippen molar-refractivity contribution in [1.29, 1.82) is 0 Å². The van der Waals surface area contributed by atoms with Crippen molar-refractivity contribution in [2.24, 2.45) is 23.7 Å². The Morgan fingerprint density at radius 3 is 2.77 bits per heavy atom. The van der Waals surface area contributed by atoms with E-state index in [1.54, 1.807) is 22.8 Å². The minimum atomic E-state index is -0.0689. The van der Waals surface area contributed by atoms with Crippen LogP contribution in [0.2, 0.25) is 5.02 Å². The highest BCUT2D eigenvalue weighted by atomic mass is 35.5. The summed E-state index contributed by atoms with van der Waals surface area (Å²) in [6.07, 6.45) is 6.15. The Balaban J connectivity index is 1.47. The maximum atomic E-state index is 13.1. The summed E-state index contributed by atoms with van der Waals surface area (Å²) in [6, 6.07) is 5.37. The Kier molecular flexibility index (Phi) is 6.97. The Bertz CT molecular complexity index is 1020. The van der Waals surface area contributed by atoms with E-state index >= 15 is 0 Å². The fraction of sp³-hybridized carbons (Fsp3) is 0.625. The molecule has 5 nitrogen and oxygen atoms in total. The van der Waals surface area contributed by atoms with Gasteiger partial charge in [-0.1, -0.05) is 43.6 Å². The highest BCUT2D eigenvalue weighted by molar-refractivity contribution is 7.99. The molecule has 168 valence electrons. The van der Waals surface area contributed by atoms with Crippen LogP contribution >= 0.6 is 23.4 Å². The van der Waals surface area contributed by atoms with E-state index in [-0.39, 0.29) is 23.3 Å². The van der Waals surface area contributed by atoms with E-state index in [9.17, 15) is 9.59 Å². The molecule has 2 aliphatic rings. The normalized spacial score (nSPS) is 23.6. The van der Waals surface area contributed by atoms with Crippen molar-refractivity contribution in [2.75, 3.05) is 5.75 Å². The topological polar surface area (TPSA) is 64.0 Å². The minimum Gasteiger partial charge on any atom is -0.353 e. The number of amides is 1. The average Bonchev–Trinajstić information content (AvgIpc) is 3.35. The van der Waals surface area contributed by atoms with Crippen molar-refractivity contribution in [2.45, 2.75) is 70.6 Å². The highest BCUT2D eigenvalue weighted by Gasteiger charge is 2.42. The monoisotopic (exact) mass is 461 g/mol. The molecule has 2 bridgehead atoms. The van der Waals surface area contributed by atoms with Gasteiger partial charge in [-0.05, 0) is 74.5 Å². The van der Waals surface area contributed by atoms with Gasteiger partial charge >= 0.3 is 0 Å². The van der Waals surface area contributed by atoms with Crippen LogP contribution in [0, 0.1) is 23.7 Å². The third-order valence-electron chi connectivity index (χ3n) is 6.97. The zero-order valence-electron chi connectivity index (χ0n) is 18.6. The predicted octanol–water partition coefficient (Wildman–Crippen LogP) is 5.13. The van der Waals surface area contributed by atoms with Crippen LogP contribution < -0.4 is 10.9 Å². The number of carbonyl (C=O) groups excluding carboxylic acids is 1. The fourth-order valence-electron chi connectivity index (χ4n) is 5.31. The third kappa shape index (κ3) is 5.11. The third-order valence-corrected chi connectivity index (χ3v) is 8.18. The summed E-state index contributed by atoms with van der Waals surface area (Å²) in [5, 5.41) is 4.91. The zero-order valence-corrected chi connectivity index (χ0v) is 20.1. The van der Waals surface area contributed by atoms with E-state index < -0.39 is 0 Å². The van der Waals surface area contributed by atoms with Crippen molar-refractivity contribution in [3.63, 3.8) is 0 Å². The van der Waals surface area contributed by atoms with Gasteiger partial charge in [0, 0.05) is 17.6 Å².